The van der Waals surface area contributed by atoms with Crippen molar-refractivity contribution in [2.24, 2.45) is 22.4 Å². The number of fused-ring (bicyclic) bond motifs is 5. The van der Waals surface area contributed by atoms with Crippen molar-refractivity contribution < 1.29 is 13.7 Å². The molecule has 0 N–H and O–H groups in total. The van der Waals surface area contributed by atoms with Gasteiger partial charge in [-0.15, -0.1) is 0 Å². The predicted octanol–water partition coefficient (Wildman–Crippen LogP) is 6.59. The van der Waals surface area contributed by atoms with Gasteiger partial charge in [-0.1, -0.05) is 18.1 Å². The number of nitrogens with zero attached hydrogens (tertiary/aromatic N) is 1. The Hall–Kier alpha value is -1.12. The summed E-state index contributed by atoms with van der Waals surface area (Å²) < 4.78 is 12.9. The van der Waals surface area contributed by atoms with Gasteiger partial charge in [0.05, 0.1) is 11.8 Å². The maximum atomic E-state index is 6.65. The average molecular weight is 460 g/mol. The van der Waals surface area contributed by atoms with Crippen LogP contribution in [0, 0.1) is 17.3 Å². The fourth-order valence-electron chi connectivity index (χ4n) is 6.55. The summed E-state index contributed by atoms with van der Waals surface area (Å²) in [4.78, 5) is 5.34. The summed E-state index contributed by atoms with van der Waals surface area (Å²) >= 11 is 0. The minimum atomic E-state index is -1.66. The first-order chi connectivity index (χ1) is 14.4. The normalized spacial score (nSPS) is 34.1. The Kier molecular flexibility index (Phi) is 5.97. The van der Waals surface area contributed by atoms with Crippen LogP contribution in [0.15, 0.2) is 23.4 Å². The van der Waals surface area contributed by atoms with E-state index in [2.05, 4.69) is 69.6 Å². The third-order valence-corrected chi connectivity index (χ3v) is 9.39. The van der Waals surface area contributed by atoms with Gasteiger partial charge in [-0.3, -0.25) is 0 Å². The van der Waals surface area contributed by atoms with E-state index in [9.17, 15) is 0 Å². The van der Waals surface area contributed by atoms with Crippen LogP contribution in [0.3, 0.4) is 0 Å². The zero-order chi connectivity index (χ0) is 22.6. The lowest BCUT2D eigenvalue weighted by Gasteiger charge is -2.48. The van der Waals surface area contributed by atoms with Crippen LogP contribution in [-0.2, 0) is 15.7 Å². The maximum absolute atomic E-state index is 6.65. The zero-order valence-corrected chi connectivity index (χ0v) is 22.7. The first kappa shape index (κ1) is 23.1. The molecule has 2 saturated carbocycles. The third kappa shape index (κ3) is 4.53. The first-order valence-corrected chi connectivity index (χ1v) is 18.8. The highest BCUT2D eigenvalue weighted by atomic mass is 28.4. The molecular weight excluding hydrogens is 418 g/mol. The molecule has 0 aliphatic heterocycles. The van der Waals surface area contributed by atoms with E-state index in [0.29, 0.717) is 17.8 Å². The molecular formula is C25H41NO3Si2. The molecule has 1 aromatic carbocycles. The molecule has 3 aliphatic rings. The molecule has 0 spiro atoms. The molecule has 31 heavy (non-hydrogen) atoms. The summed E-state index contributed by atoms with van der Waals surface area (Å²) in [6.45, 7) is 16.0. The quantitative estimate of drug-likeness (QED) is 0.368. The smallest absolute Gasteiger partial charge is 0.242 e. The number of hydrogen-bond donors (Lipinski definition) is 0. The zero-order valence-electron chi connectivity index (χ0n) is 20.7. The van der Waals surface area contributed by atoms with Crippen molar-refractivity contribution >= 4 is 22.3 Å². The van der Waals surface area contributed by atoms with Gasteiger partial charge in [-0.2, -0.15) is 0 Å². The molecule has 0 bridgehead atoms. The van der Waals surface area contributed by atoms with Crippen molar-refractivity contribution in [3.05, 3.63) is 29.3 Å². The van der Waals surface area contributed by atoms with Gasteiger partial charge in [0, 0.05) is 5.41 Å². The Morgan fingerprint density at radius 3 is 2.42 bits per heavy atom. The lowest BCUT2D eigenvalue weighted by Crippen LogP contribution is -2.43. The predicted molar refractivity (Wildman–Crippen MR) is 133 cm³/mol. The van der Waals surface area contributed by atoms with Crippen molar-refractivity contribution in [2.75, 3.05) is 7.11 Å². The van der Waals surface area contributed by atoms with E-state index in [1.54, 1.807) is 12.7 Å². The Morgan fingerprint density at radius 1 is 1.03 bits per heavy atom. The average Bonchev–Trinajstić information content (AvgIpc) is 2.91. The van der Waals surface area contributed by atoms with E-state index in [1.165, 1.54) is 30.5 Å². The molecule has 0 amide bonds. The van der Waals surface area contributed by atoms with E-state index in [4.69, 9.17) is 13.7 Å². The van der Waals surface area contributed by atoms with Gasteiger partial charge in [0.1, 0.15) is 12.9 Å². The summed E-state index contributed by atoms with van der Waals surface area (Å²) in [7, 11) is -1.57. The van der Waals surface area contributed by atoms with Gasteiger partial charge in [0.15, 0.2) is 8.32 Å². The molecule has 0 saturated heterocycles. The molecule has 172 valence electrons. The molecule has 3 aliphatic carbocycles. The minimum absolute atomic E-state index is 0.0971. The van der Waals surface area contributed by atoms with Gasteiger partial charge in [0.25, 0.3) is 0 Å². The molecule has 5 atom stereocenters. The van der Waals surface area contributed by atoms with Crippen LogP contribution in [-0.4, -0.2) is 35.6 Å². The van der Waals surface area contributed by atoms with E-state index in [-0.39, 0.29) is 11.5 Å². The van der Waals surface area contributed by atoms with Crippen molar-refractivity contribution in [1.29, 1.82) is 0 Å². The van der Waals surface area contributed by atoms with Crippen LogP contribution in [0.5, 0.6) is 5.75 Å². The molecule has 6 heteroatoms. The van der Waals surface area contributed by atoms with Crippen molar-refractivity contribution in [1.82, 2.24) is 0 Å². The molecule has 4 rings (SSSR count). The third-order valence-electron chi connectivity index (χ3n) is 7.56. The van der Waals surface area contributed by atoms with E-state index >= 15 is 0 Å². The van der Waals surface area contributed by atoms with Crippen LogP contribution in [0.4, 0.5) is 0 Å². The van der Waals surface area contributed by atoms with Gasteiger partial charge in [-0.25, -0.2) is 0 Å². The highest BCUT2D eigenvalue weighted by Crippen LogP contribution is 2.60. The van der Waals surface area contributed by atoms with Crippen LogP contribution >= 0.6 is 0 Å². The highest BCUT2D eigenvalue weighted by molar-refractivity contribution is 6.70. The summed E-state index contributed by atoms with van der Waals surface area (Å²) in [6.07, 6.45) is 6.02. The van der Waals surface area contributed by atoms with Crippen LogP contribution in [0.1, 0.15) is 49.7 Å². The molecule has 0 radical (unpaired) electrons. The van der Waals surface area contributed by atoms with Gasteiger partial charge >= 0.3 is 0 Å². The second kappa shape index (κ2) is 8.03. The monoisotopic (exact) mass is 459 g/mol. The van der Waals surface area contributed by atoms with E-state index in [0.717, 1.165) is 18.6 Å². The second-order valence-electron chi connectivity index (χ2n) is 12.1. The fraction of sp³-hybridized carbons (Fsp3) is 0.720. The molecule has 0 heterocycles. The molecule has 0 aromatic heterocycles. The molecule has 4 nitrogen and oxygen atoms in total. The van der Waals surface area contributed by atoms with Crippen LogP contribution in [0.2, 0.25) is 39.3 Å². The number of benzene rings is 1. The Labute approximate surface area is 191 Å². The summed E-state index contributed by atoms with van der Waals surface area (Å²) in [5, 5.41) is 4.57. The van der Waals surface area contributed by atoms with Gasteiger partial charge in [0.2, 0.25) is 8.32 Å². The van der Waals surface area contributed by atoms with Crippen molar-refractivity contribution in [2.45, 2.75) is 90.3 Å². The van der Waals surface area contributed by atoms with E-state index in [1.807, 2.05) is 0 Å². The number of aryl methyl sites for hydroxylation is 1. The lowest BCUT2D eigenvalue weighted by atomic mass is 9.55. The molecule has 0 unspecified atom stereocenters. The maximum Gasteiger partial charge on any atom is 0.242 e. The SMILES string of the molecule is CO/N=C1\[C@H](O[Si](C)(C)C)C[C@H]2[C@@H]3CCc4cc(O[Si](C)(C)C)ccc4[C@H]3CC[C@]12C. The largest absolute Gasteiger partial charge is 0.544 e. The Morgan fingerprint density at radius 2 is 1.77 bits per heavy atom. The second-order valence-corrected chi connectivity index (χ2v) is 20.9. The Balaban J connectivity index is 1.62. The molecule has 1 aromatic rings. The summed E-state index contributed by atoms with van der Waals surface area (Å²) in [5.41, 5.74) is 4.35. The van der Waals surface area contributed by atoms with Gasteiger partial charge in [-0.05, 0) is 112 Å². The Bertz CT molecular complexity index is 857. The van der Waals surface area contributed by atoms with Crippen LogP contribution < -0.4 is 4.43 Å². The molecule has 2 fully saturated rings. The first-order valence-electron chi connectivity index (χ1n) is 12.0. The number of hydrogen-bond acceptors (Lipinski definition) is 4. The lowest BCUT2D eigenvalue weighted by molar-refractivity contribution is 0.0856. The van der Waals surface area contributed by atoms with Gasteiger partial charge < -0.3 is 13.7 Å². The summed E-state index contributed by atoms with van der Waals surface area (Å²) in [5.74, 6) is 3.04. The minimum Gasteiger partial charge on any atom is -0.544 e. The van der Waals surface area contributed by atoms with Crippen molar-refractivity contribution in [3.8, 4) is 5.75 Å². The topological polar surface area (TPSA) is 40.0 Å². The standard InChI is InChI=1S/C25H41NO3Si2/c1-25-14-13-20-19-12-10-18(28-30(3,4)5)15-17(19)9-11-21(20)22(25)16-23(24(25)26-27-2)29-31(6,7)8/h10,12,15,20-23H,9,11,13-14,16H2,1-8H3/b26-24+/t20-,21-,22+,23-,25+/m1/s1. The number of rotatable bonds is 5. The fourth-order valence-corrected chi connectivity index (χ4v) is 8.45. The number of oxime groups is 1. The van der Waals surface area contributed by atoms with Crippen LogP contribution in [0.25, 0.3) is 0 Å². The van der Waals surface area contributed by atoms with E-state index < -0.39 is 16.6 Å². The van der Waals surface area contributed by atoms with Crippen molar-refractivity contribution in [3.63, 3.8) is 0 Å². The highest BCUT2D eigenvalue weighted by Gasteiger charge is 2.58. The summed E-state index contributed by atoms with van der Waals surface area (Å²) in [6, 6.07) is 6.93.